The van der Waals surface area contributed by atoms with Crippen LogP contribution in [0.3, 0.4) is 0 Å². The predicted molar refractivity (Wildman–Crippen MR) is 208 cm³/mol. The number of ether oxygens (including phenoxy) is 3. The molecule has 14 heteroatoms. The predicted octanol–water partition coefficient (Wildman–Crippen LogP) is -0.984. The summed E-state index contributed by atoms with van der Waals surface area (Å²) in [4.78, 5) is 28.1. The van der Waals surface area contributed by atoms with E-state index < -0.39 is 60.0 Å². The summed E-state index contributed by atoms with van der Waals surface area (Å²) < 4.78 is 20.7. The van der Waals surface area contributed by atoms with Crippen molar-refractivity contribution in [2.45, 2.75) is 152 Å². The number of aliphatic hydroxyl groups excluding tert-OH is 4. The molecule has 6 aliphatic rings. The molecule has 14 nitrogen and oxygen atoms in total. The van der Waals surface area contributed by atoms with Crippen molar-refractivity contribution >= 4 is 11.8 Å². The van der Waals surface area contributed by atoms with Gasteiger partial charge in [0.15, 0.2) is 0 Å². The fraction of sp³-hybridized carbons (Fsp3) is 0.905. The molecule has 17 unspecified atom stereocenters. The zero-order chi connectivity index (χ0) is 40.1. The lowest BCUT2D eigenvalue weighted by Crippen LogP contribution is -2.95. The van der Waals surface area contributed by atoms with Crippen LogP contribution in [-0.2, 0) is 23.8 Å². The average Bonchev–Trinajstić information content (AvgIpc) is 3.18. The normalized spacial score (nSPS) is 43.3. The number of piperidine rings is 2. The molecule has 0 radical (unpaired) electrons. The number of hydrogen-bond donors (Lipinski definition) is 9. The van der Waals surface area contributed by atoms with Gasteiger partial charge < -0.3 is 56.3 Å². The average molecular weight is 794 g/mol. The highest BCUT2D eigenvalue weighted by atomic mass is 16.6. The lowest BCUT2D eigenvalue weighted by molar-refractivity contribution is -0.703. The minimum absolute atomic E-state index is 0.00187. The number of rotatable bonds is 14. The minimum atomic E-state index is -1.12. The standard InChI is InChI=1S/C42H73N5O9/c1-4-24(11-14-45-3)41(53)55-32-19-29-38(52)36-31(51)18-28(21-48)54-40(36)37(39(29)56-42(32,2)13-10-23-8-9-33(43)47-20-23)35(26-12-15-46-34(44)17-26)30(22-49)25-6-5-7-27(50)16-25/h4,23,25-30,32-40,45-50,52H,5-22,43-44H2,1-3H3/p+2. The molecule has 17 atom stereocenters. The molecule has 0 aromatic carbocycles. The van der Waals surface area contributed by atoms with E-state index in [1.54, 1.807) is 0 Å². The van der Waals surface area contributed by atoms with Gasteiger partial charge >= 0.3 is 5.97 Å². The Morgan fingerprint density at radius 2 is 1.91 bits per heavy atom. The first-order valence-corrected chi connectivity index (χ1v) is 22.1. The number of quaternary nitrogens is 2. The zero-order valence-corrected chi connectivity index (χ0v) is 34.2. The van der Waals surface area contributed by atoms with Crippen LogP contribution < -0.4 is 27.4 Å². The van der Waals surface area contributed by atoms with E-state index in [-0.39, 0.29) is 67.4 Å². The lowest BCUT2D eigenvalue weighted by Gasteiger charge is -2.61. The molecule has 4 saturated heterocycles. The molecule has 56 heavy (non-hydrogen) atoms. The van der Waals surface area contributed by atoms with Crippen LogP contribution in [-0.4, -0.2) is 127 Å². The third-order valence-electron chi connectivity index (χ3n) is 15.0. The highest BCUT2D eigenvalue weighted by Crippen LogP contribution is 2.56. The van der Waals surface area contributed by atoms with Crippen LogP contribution in [0.15, 0.2) is 11.6 Å². The first-order chi connectivity index (χ1) is 26.9. The number of allylic oxidation sites excluding steroid dienone is 1. The first-order valence-electron chi connectivity index (χ1n) is 22.1. The maximum Gasteiger partial charge on any atom is 0.334 e. The summed E-state index contributed by atoms with van der Waals surface area (Å²) in [5, 5.41) is 52.8. The molecule has 6 rings (SSSR count). The van der Waals surface area contributed by atoms with E-state index in [1.165, 1.54) is 0 Å². The molecule has 0 aromatic heterocycles. The third-order valence-corrected chi connectivity index (χ3v) is 15.0. The Kier molecular flexibility index (Phi) is 15.5. The zero-order valence-electron chi connectivity index (χ0n) is 34.2. The largest absolute Gasteiger partial charge is 0.456 e. The molecule has 0 spiro atoms. The molecule has 13 N–H and O–H groups in total. The molecule has 0 aromatic rings. The van der Waals surface area contributed by atoms with E-state index in [0.29, 0.717) is 50.1 Å². The van der Waals surface area contributed by atoms with Gasteiger partial charge in [0.25, 0.3) is 0 Å². The Hall–Kier alpha value is -1.56. The molecular weight excluding hydrogens is 718 g/mol. The molecule has 320 valence electrons. The Bertz CT molecular complexity index is 1330. The molecule has 4 aliphatic heterocycles. The number of nitrogens with one attached hydrogen (secondary N) is 1. The molecule has 4 heterocycles. The van der Waals surface area contributed by atoms with Crippen LogP contribution in [0.25, 0.3) is 0 Å². The third kappa shape index (κ3) is 9.73. The van der Waals surface area contributed by atoms with Gasteiger partial charge in [0.1, 0.15) is 23.7 Å². The van der Waals surface area contributed by atoms with Gasteiger partial charge in [-0.15, -0.1) is 0 Å². The van der Waals surface area contributed by atoms with Gasteiger partial charge in [0, 0.05) is 49.2 Å². The molecule has 0 amide bonds. The molecule has 0 bridgehead atoms. The van der Waals surface area contributed by atoms with Crippen molar-refractivity contribution in [3.05, 3.63) is 11.6 Å². The van der Waals surface area contributed by atoms with Crippen molar-refractivity contribution in [2.75, 3.05) is 39.9 Å². The number of Topliss-reactive ketones (excluding diaryl/α,β-unsaturated/α-hetero) is 1. The first kappa shape index (κ1) is 44.0. The van der Waals surface area contributed by atoms with Gasteiger partial charge in [0.2, 0.25) is 0 Å². The van der Waals surface area contributed by atoms with Gasteiger partial charge in [-0.2, -0.15) is 0 Å². The summed E-state index contributed by atoms with van der Waals surface area (Å²) in [6.45, 7) is 5.82. The van der Waals surface area contributed by atoms with Crippen molar-refractivity contribution in [3.63, 3.8) is 0 Å². The SMILES string of the molecule is CC=C(CC[NH2+]C)C(=O)OC1CC2C(O)C3C(=O)CC(CO)OC3C(C(C3CCNC(N)C3)C(CO)C3CCCC(O)C3)C2OC1(C)CCC1CCC(N)[NH2+]C1. The van der Waals surface area contributed by atoms with Crippen molar-refractivity contribution in [2.24, 2.45) is 58.8 Å². The van der Waals surface area contributed by atoms with Gasteiger partial charge in [-0.05, 0) is 102 Å². The Morgan fingerprint density at radius 1 is 1.11 bits per heavy atom. The number of fused-ring (bicyclic) bond motifs is 2. The van der Waals surface area contributed by atoms with Crippen molar-refractivity contribution in [1.82, 2.24) is 5.32 Å². The maximum atomic E-state index is 14.2. The van der Waals surface area contributed by atoms with E-state index in [2.05, 4.69) is 10.6 Å². The second-order valence-corrected chi connectivity index (χ2v) is 18.6. The summed E-state index contributed by atoms with van der Waals surface area (Å²) >= 11 is 0. The number of aliphatic hydroxyl groups is 4. The smallest absolute Gasteiger partial charge is 0.334 e. The van der Waals surface area contributed by atoms with Crippen molar-refractivity contribution in [3.8, 4) is 0 Å². The van der Waals surface area contributed by atoms with E-state index in [4.69, 9.17) is 25.7 Å². The summed E-state index contributed by atoms with van der Waals surface area (Å²) in [5.41, 5.74) is 12.5. The number of esters is 1. The van der Waals surface area contributed by atoms with Crippen LogP contribution in [0.1, 0.15) is 97.3 Å². The highest BCUT2D eigenvalue weighted by Gasteiger charge is 2.64. The van der Waals surface area contributed by atoms with E-state index in [1.807, 2.05) is 32.3 Å². The van der Waals surface area contributed by atoms with Crippen molar-refractivity contribution in [1.29, 1.82) is 0 Å². The Labute approximate surface area is 333 Å². The topological polar surface area (TPSA) is 240 Å². The Morgan fingerprint density at radius 3 is 2.57 bits per heavy atom. The van der Waals surface area contributed by atoms with E-state index in [9.17, 15) is 30.0 Å². The number of carbonyl (C=O) groups is 2. The summed E-state index contributed by atoms with van der Waals surface area (Å²) in [7, 11) is 1.97. The van der Waals surface area contributed by atoms with Crippen LogP contribution in [0, 0.1) is 47.3 Å². The highest BCUT2D eigenvalue weighted by molar-refractivity contribution is 5.88. The maximum absolute atomic E-state index is 14.2. The second-order valence-electron chi connectivity index (χ2n) is 18.6. The van der Waals surface area contributed by atoms with Gasteiger partial charge in [-0.3, -0.25) is 10.5 Å². The summed E-state index contributed by atoms with van der Waals surface area (Å²) in [6.07, 6.45) is 6.10. The number of carbonyl (C=O) groups excluding carboxylic acids is 2. The van der Waals surface area contributed by atoms with Crippen LogP contribution in [0.5, 0.6) is 0 Å². The summed E-state index contributed by atoms with van der Waals surface area (Å²) in [5.74, 6) is -2.37. The fourth-order valence-corrected chi connectivity index (χ4v) is 11.9. The van der Waals surface area contributed by atoms with E-state index >= 15 is 0 Å². The second kappa shape index (κ2) is 19.7. The quantitative estimate of drug-likeness (QED) is 0.0762. The van der Waals surface area contributed by atoms with Crippen LogP contribution in [0.4, 0.5) is 0 Å². The van der Waals surface area contributed by atoms with Crippen LogP contribution >= 0.6 is 0 Å². The monoisotopic (exact) mass is 794 g/mol. The van der Waals surface area contributed by atoms with Crippen LogP contribution in [0.2, 0.25) is 0 Å². The Balaban J connectivity index is 1.43. The van der Waals surface area contributed by atoms with Crippen molar-refractivity contribution < 1.29 is 54.9 Å². The molecular formula is C42H75N5O9+2. The number of nitrogens with two attached hydrogens (primary N) is 4. The van der Waals surface area contributed by atoms with Gasteiger partial charge in [0.05, 0.1) is 69.3 Å². The molecule has 6 fully saturated rings. The molecule has 2 saturated carbocycles. The number of ketones is 1. The van der Waals surface area contributed by atoms with Gasteiger partial charge in [-0.1, -0.05) is 12.5 Å². The lowest BCUT2D eigenvalue weighted by atomic mass is 9.53. The van der Waals surface area contributed by atoms with E-state index in [0.717, 1.165) is 58.0 Å². The number of hydrogen-bond acceptors (Lipinski definition) is 12. The fourth-order valence-electron chi connectivity index (χ4n) is 11.9. The summed E-state index contributed by atoms with van der Waals surface area (Å²) in [6, 6.07) is 0. The molecule has 2 aliphatic carbocycles. The minimum Gasteiger partial charge on any atom is -0.456 e. The van der Waals surface area contributed by atoms with Gasteiger partial charge in [-0.25, -0.2) is 4.79 Å².